The molecule has 0 saturated carbocycles. The van der Waals surface area contributed by atoms with Crippen LogP contribution in [0.15, 0.2) is 162 Å². The summed E-state index contributed by atoms with van der Waals surface area (Å²) < 4.78 is 145. The molecule has 24 nitrogen and oxygen atoms in total. The van der Waals surface area contributed by atoms with Gasteiger partial charge >= 0.3 is 0 Å². The number of aromatic hydroxyl groups is 1. The number of azo groups is 3. The van der Waals surface area contributed by atoms with Crippen LogP contribution in [0.5, 0.6) is 17.2 Å². The van der Waals surface area contributed by atoms with Gasteiger partial charge in [-0.15, -0.1) is 10.2 Å². The number of hydrogen-bond donors (Lipinski definition) is 7. The number of aryl methyl sites for hydroxylation is 5. The number of nitrogens with one attached hydrogen (secondary N) is 2. The van der Waals surface area contributed by atoms with Crippen molar-refractivity contribution < 1.29 is 71.3 Å². The summed E-state index contributed by atoms with van der Waals surface area (Å²) in [7, 11) is -18.2. The van der Waals surface area contributed by atoms with Gasteiger partial charge in [0.2, 0.25) is 0 Å². The van der Waals surface area contributed by atoms with Gasteiger partial charge in [-0.3, -0.25) is 23.0 Å². The molecule has 0 saturated heterocycles. The van der Waals surface area contributed by atoms with Crippen LogP contribution in [0, 0.1) is 34.6 Å². The number of rotatable bonds is 22. The van der Waals surface area contributed by atoms with Crippen molar-refractivity contribution in [3.63, 3.8) is 0 Å². The Labute approximate surface area is 483 Å². The van der Waals surface area contributed by atoms with E-state index in [2.05, 4.69) is 41.3 Å². The molecule has 438 valence electrons. The maximum atomic E-state index is 13.7. The molecule has 0 aliphatic heterocycles. The second-order valence-corrected chi connectivity index (χ2v) is 25.2. The predicted molar refractivity (Wildman–Crippen MR) is 315 cm³/mol. The number of phenols is 1. The standard InChI is InChI=1S/C56H54N8O16S4/c1-32-22-46(33(2)21-45(32)56(66)58-41-13-15-43-37(26-41)28-42(30-52(43)83(73,74)75)79-17-9-19-81(67,68)69)59-61-49-31-51(80-18-10-20-82(70,71)72)50(25-36(49)5)63-60-47-23-35(4)48(24-34(47)3)62-64-54-53(84(76,77)78)29-38-27-40(14-16-44(38)55(54)65)57-39-11-7-6-8-12-39/h6-8,11-16,21-31,57,65H,9-10,17-20H2,1-5H3,(H,58,66)(H,67,68,69)(H,70,71,72)(H,73,74,75)(H,76,77,78). The van der Waals surface area contributed by atoms with Crippen molar-refractivity contribution in [1.29, 1.82) is 0 Å². The summed E-state index contributed by atoms with van der Waals surface area (Å²) in [4.78, 5) is 12.6. The molecule has 1 amide bonds. The molecule has 8 rings (SSSR count). The van der Waals surface area contributed by atoms with Crippen LogP contribution in [0.1, 0.15) is 51.0 Å². The highest BCUT2D eigenvalue weighted by Gasteiger charge is 2.24. The summed E-state index contributed by atoms with van der Waals surface area (Å²) in [6.45, 7) is 8.16. The number of benzene rings is 8. The van der Waals surface area contributed by atoms with Crippen LogP contribution in [-0.2, 0) is 40.5 Å². The molecule has 84 heavy (non-hydrogen) atoms. The number of carbonyl (C=O) groups is 1. The number of anilines is 3. The number of phenolic OH excluding ortho intramolecular Hbond substituents is 1. The highest BCUT2D eigenvalue weighted by Crippen LogP contribution is 2.44. The van der Waals surface area contributed by atoms with Gasteiger partial charge in [0.1, 0.15) is 32.7 Å². The highest BCUT2D eigenvalue weighted by atomic mass is 32.2. The van der Waals surface area contributed by atoms with E-state index < -0.39 is 79.1 Å². The zero-order chi connectivity index (χ0) is 60.9. The lowest BCUT2D eigenvalue weighted by Gasteiger charge is -2.13. The van der Waals surface area contributed by atoms with Crippen molar-refractivity contribution in [1.82, 2.24) is 0 Å². The summed E-state index contributed by atoms with van der Waals surface area (Å²) >= 11 is 0. The first-order valence-corrected chi connectivity index (χ1v) is 31.3. The Morgan fingerprint density at radius 3 is 1.56 bits per heavy atom. The van der Waals surface area contributed by atoms with Crippen molar-refractivity contribution in [2.45, 2.75) is 57.3 Å². The van der Waals surface area contributed by atoms with E-state index in [1.54, 1.807) is 83.1 Å². The van der Waals surface area contributed by atoms with E-state index in [0.29, 0.717) is 56.0 Å². The van der Waals surface area contributed by atoms with E-state index in [-0.39, 0.29) is 76.3 Å². The van der Waals surface area contributed by atoms with E-state index in [4.69, 9.17) is 14.0 Å². The SMILES string of the molecule is Cc1cc(C(=O)Nc2ccc3c(S(=O)(=O)O)cc(OCCCS(=O)(=O)O)cc3c2)c(C)cc1N=Nc1cc(OCCCS(=O)(=O)O)c(N=Nc2cc(C)c(N=Nc3c(S(=O)(=O)O)cc4cc(Nc5ccccc5)ccc4c3O)cc2C)cc1C. The minimum absolute atomic E-state index is 0.0212. The summed E-state index contributed by atoms with van der Waals surface area (Å²) in [5.41, 5.74) is 5.64. The van der Waals surface area contributed by atoms with E-state index in [1.807, 2.05) is 30.3 Å². The second-order valence-electron chi connectivity index (χ2n) is 19.3. The van der Waals surface area contributed by atoms with Crippen molar-refractivity contribution in [2.24, 2.45) is 30.7 Å². The molecule has 8 aromatic rings. The number of fused-ring (bicyclic) bond motifs is 2. The van der Waals surface area contributed by atoms with Crippen LogP contribution in [0.3, 0.4) is 0 Å². The number of ether oxygens (including phenoxy) is 2. The molecule has 0 radical (unpaired) electrons. The summed E-state index contributed by atoms with van der Waals surface area (Å²) in [5.74, 6) is -2.12. The van der Waals surface area contributed by atoms with Crippen LogP contribution >= 0.6 is 0 Å². The zero-order valence-electron chi connectivity index (χ0n) is 45.3. The van der Waals surface area contributed by atoms with Gasteiger partial charge in [-0.2, -0.15) is 54.1 Å². The van der Waals surface area contributed by atoms with Gasteiger partial charge in [-0.1, -0.05) is 24.3 Å². The minimum atomic E-state index is -4.91. The maximum absolute atomic E-state index is 13.7. The molecule has 0 unspecified atom stereocenters. The Bertz CT molecular complexity index is 4490. The normalized spacial score (nSPS) is 12.5. The van der Waals surface area contributed by atoms with Gasteiger partial charge < -0.3 is 25.2 Å². The summed E-state index contributed by atoms with van der Waals surface area (Å²) in [6.07, 6.45) is -0.194. The van der Waals surface area contributed by atoms with Crippen molar-refractivity contribution in [2.75, 3.05) is 35.4 Å². The lowest BCUT2D eigenvalue weighted by molar-refractivity contribution is 0.102. The predicted octanol–water partition coefficient (Wildman–Crippen LogP) is 13.3. The Hall–Kier alpha value is -8.61. The first-order chi connectivity index (χ1) is 39.5. The van der Waals surface area contributed by atoms with Crippen LogP contribution in [-0.4, -0.2) is 87.6 Å². The molecule has 0 fully saturated rings. The van der Waals surface area contributed by atoms with E-state index in [1.165, 1.54) is 36.4 Å². The maximum Gasteiger partial charge on any atom is 0.296 e. The van der Waals surface area contributed by atoms with Crippen molar-refractivity contribution in [3.8, 4) is 17.2 Å². The van der Waals surface area contributed by atoms with Gasteiger partial charge in [0, 0.05) is 45.5 Å². The third-order valence-corrected chi connectivity index (χ3v) is 16.2. The number of nitrogens with zero attached hydrogens (tertiary/aromatic N) is 6. The van der Waals surface area contributed by atoms with Crippen molar-refractivity contribution >= 4 is 119 Å². The third kappa shape index (κ3) is 15.7. The topological polar surface area (TPSA) is 371 Å². The molecule has 8 aromatic carbocycles. The lowest BCUT2D eigenvalue weighted by Crippen LogP contribution is -2.13. The minimum Gasteiger partial charge on any atom is -0.505 e. The van der Waals surface area contributed by atoms with Crippen LogP contribution in [0.25, 0.3) is 21.5 Å². The van der Waals surface area contributed by atoms with Gasteiger partial charge in [-0.25, -0.2) is 0 Å². The smallest absolute Gasteiger partial charge is 0.296 e. The molecule has 0 heterocycles. The number of hydrogen-bond acceptors (Lipinski definition) is 19. The molecule has 7 N–H and O–H groups in total. The van der Waals surface area contributed by atoms with Gasteiger partial charge in [0.25, 0.3) is 46.4 Å². The first kappa shape index (κ1) is 61.5. The fourth-order valence-corrected chi connectivity index (χ4v) is 10.9. The second kappa shape index (κ2) is 25.1. The quantitative estimate of drug-likeness (QED) is 0.0188. The number of para-hydroxylation sites is 1. The van der Waals surface area contributed by atoms with Gasteiger partial charge in [-0.05, 0) is 171 Å². The van der Waals surface area contributed by atoms with Crippen LogP contribution < -0.4 is 20.1 Å². The Kier molecular flexibility index (Phi) is 18.4. The fourth-order valence-electron chi connectivity index (χ4n) is 8.58. The van der Waals surface area contributed by atoms with E-state index >= 15 is 0 Å². The van der Waals surface area contributed by atoms with Gasteiger partial charge in [0.15, 0.2) is 5.75 Å². The average Bonchev–Trinajstić information content (AvgIpc) is 2.43. The zero-order valence-corrected chi connectivity index (χ0v) is 48.6. The molecule has 0 bridgehead atoms. The van der Waals surface area contributed by atoms with Crippen LogP contribution in [0.2, 0.25) is 0 Å². The molecule has 0 atom stereocenters. The Balaban J connectivity index is 1.02. The van der Waals surface area contributed by atoms with Crippen LogP contribution in [0.4, 0.5) is 51.2 Å². The molecule has 0 spiro atoms. The third-order valence-electron chi connectivity index (χ3n) is 12.8. The van der Waals surface area contributed by atoms with E-state index in [9.17, 15) is 57.2 Å². The molecular formula is C56H54N8O16S4. The molecular weight excluding hydrogens is 1170 g/mol. The fraction of sp³-hybridized carbons (Fsp3) is 0.196. The molecule has 0 aromatic heterocycles. The van der Waals surface area contributed by atoms with E-state index in [0.717, 1.165) is 11.8 Å². The highest BCUT2D eigenvalue weighted by molar-refractivity contribution is 7.86. The molecule has 28 heteroatoms. The monoisotopic (exact) mass is 1220 g/mol. The van der Waals surface area contributed by atoms with Gasteiger partial charge in [0.05, 0.1) is 47.5 Å². The Morgan fingerprint density at radius 2 is 0.964 bits per heavy atom. The van der Waals surface area contributed by atoms with Crippen molar-refractivity contribution in [3.05, 3.63) is 155 Å². The average molecular weight is 1220 g/mol. The number of amides is 1. The summed E-state index contributed by atoms with van der Waals surface area (Å²) in [5, 5.41) is 44.5. The number of carbonyl (C=O) groups excluding carboxylic acids is 1. The lowest BCUT2D eigenvalue weighted by atomic mass is 10.0. The largest absolute Gasteiger partial charge is 0.505 e. The summed E-state index contributed by atoms with van der Waals surface area (Å²) in [6, 6.07) is 31.8. The molecule has 0 aliphatic carbocycles. The Morgan fingerprint density at radius 1 is 0.476 bits per heavy atom. The molecule has 0 aliphatic rings. The first-order valence-electron chi connectivity index (χ1n) is 25.2.